The van der Waals surface area contributed by atoms with Crippen LogP contribution in [0.3, 0.4) is 0 Å². The van der Waals surface area contributed by atoms with Crippen molar-refractivity contribution in [2.24, 2.45) is 0 Å². The number of aromatic nitrogens is 2. The Morgan fingerprint density at radius 3 is 2.59 bits per heavy atom. The van der Waals surface area contributed by atoms with Gasteiger partial charge in [-0.2, -0.15) is 0 Å². The molecule has 2 heterocycles. The maximum absolute atomic E-state index is 13.2. The van der Waals surface area contributed by atoms with Gasteiger partial charge in [-0.25, -0.2) is 0 Å². The Kier molecular flexibility index (Phi) is 4.88. The number of pyridine rings is 2. The first kappa shape index (κ1) is 19.2. The minimum atomic E-state index is -0.591. The minimum absolute atomic E-state index is 0.0349. The smallest absolute Gasteiger partial charge is 0.253 e. The quantitative estimate of drug-likeness (QED) is 0.390. The lowest BCUT2D eigenvalue weighted by molar-refractivity contribution is 0.0909. The molecule has 4 aromatic rings. The van der Waals surface area contributed by atoms with Crippen LogP contribution in [0.5, 0.6) is 0 Å². The average molecular weight is 404 g/mol. The Bertz CT molecular complexity index is 1280. The number of fused-ring (bicyclic) bond motifs is 2. The molecule has 5 nitrogen and oxygen atoms in total. The number of hydrogen-bond donors (Lipinski definition) is 2. The molecular weight excluding hydrogens is 382 g/mol. The number of aromatic amines is 1. The lowest BCUT2D eigenvalue weighted by Gasteiger charge is -2.27. The summed E-state index contributed by atoms with van der Waals surface area (Å²) in [5.41, 5.74) is 2.23. The fraction of sp³-hybridized carbons (Fsp3) is 0.174. The van der Waals surface area contributed by atoms with Gasteiger partial charge in [0.15, 0.2) is 5.43 Å². The van der Waals surface area contributed by atoms with Gasteiger partial charge in [-0.05, 0) is 56.0 Å². The number of carbonyl (C=O) groups excluding carboxylic acids is 1. The molecule has 0 aliphatic heterocycles. The van der Waals surface area contributed by atoms with E-state index < -0.39 is 5.54 Å². The van der Waals surface area contributed by atoms with E-state index in [1.807, 2.05) is 56.5 Å². The molecule has 0 atom stereocenters. The highest BCUT2D eigenvalue weighted by molar-refractivity contribution is 7.98. The molecule has 0 unspecified atom stereocenters. The maximum Gasteiger partial charge on any atom is 0.253 e. The fourth-order valence-electron chi connectivity index (χ4n) is 3.45. The molecule has 1 amide bonds. The molecule has 0 radical (unpaired) electrons. The van der Waals surface area contributed by atoms with Gasteiger partial charge in [0.25, 0.3) is 5.91 Å². The zero-order valence-corrected chi connectivity index (χ0v) is 17.3. The second kappa shape index (κ2) is 7.37. The van der Waals surface area contributed by atoms with Crippen LogP contribution >= 0.6 is 11.8 Å². The Balaban J connectivity index is 1.81. The molecule has 0 fully saturated rings. The zero-order valence-electron chi connectivity index (χ0n) is 16.4. The highest BCUT2D eigenvalue weighted by Gasteiger charge is 2.25. The highest BCUT2D eigenvalue weighted by Crippen LogP contribution is 2.27. The molecule has 0 saturated carbocycles. The monoisotopic (exact) mass is 403 g/mol. The van der Waals surface area contributed by atoms with E-state index in [0.717, 1.165) is 16.0 Å². The Morgan fingerprint density at radius 2 is 1.86 bits per heavy atom. The average Bonchev–Trinajstić information content (AvgIpc) is 2.73. The molecule has 146 valence electrons. The van der Waals surface area contributed by atoms with Crippen LogP contribution in [0.25, 0.3) is 21.8 Å². The van der Waals surface area contributed by atoms with Crippen LogP contribution in [0.15, 0.2) is 70.6 Å². The number of thioether (sulfide) groups is 1. The molecular formula is C23H21N3O2S. The number of hydrogen-bond acceptors (Lipinski definition) is 4. The zero-order chi connectivity index (χ0) is 20.6. The predicted octanol–water partition coefficient (Wildman–Crippen LogP) is 4.46. The van der Waals surface area contributed by atoms with Crippen molar-refractivity contribution in [3.05, 3.63) is 82.3 Å². The maximum atomic E-state index is 13.2. The van der Waals surface area contributed by atoms with Gasteiger partial charge in [0.05, 0.1) is 16.6 Å². The van der Waals surface area contributed by atoms with Crippen LogP contribution in [-0.4, -0.2) is 22.1 Å². The second-order valence-corrected chi connectivity index (χ2v) is 8.27. The van der Waals surface area contributed by atoms with Gasteiger partial charge in [-0.15, -0.1) is 11.8 Å². The van der Waals surface area contributed by atoms with E-state index >= 15 is 0 Å². The van der Waals surface area contributed by atoms with E-state index in [1.54, 1.807) is 24.5 Å². The van der Waals surface area contributed by atoms with Crippen LogP contribution in [-0.2, 0) is 5.54 Å². The number of rotatable bonds is 4. The largest absolute Gasteiger partial charge is 0.354 e. The Morgan fingerprint density at radius 1 is 1.07 bits per heavy atom. The Hall–Kier alpha value is -3.12. The summed E-state index contributed by atoms with van der Waals surface area (Å²) in [6, 6.07) is 14.8. The van der Waals surface area contributed by atoms with Crippen molar-refractivity contribution in [3.63, 3.8) is 0 Å². The molecule has 0 aliphatic rings. The number of carbonyl (C=O) groups is 1. The van der Waals surface area contributed by atoms with E-state index in [-0.39, 0.29) is 11.3 Å². The van der Waals surface area contributed by atoms with Gasteiger partial charge in [0.1, 0.15) is 0 Å². The summed E-state index contributed by atoms with van der Waals surface area (Å²) >= 11 is 1.45. The van der Waals surface area contributed by atoms with Gasteiger partial charge < -0.3 is 10.3 Å². The van der Waals surface area contributed by atoms with Crippen molar-refractivity contribution in [2.45, 2.75) is 24.3 Å². The molecule has 0 aliphatic carbocycles. The van der Waals surface area contributed by atoms with Crippen molar-refractivity contribution >= 4 is 39.5 Å². The molecule has 2 aromatic carbocycles. The minimum Gasteiger partial charge on any atom is -0.354 e. The second-order valence-electron chi connectivity index (χ2n) is 7.42. The van der Waals surface area contributed by atoms with Gasteiger partial charge in [-0.3, -0.25) is 14.6 Å². The van der Waals surface area contributed by atoms with Gasteiger partial charge in [0.2, 0.25) is 0 Å². The van der Waals surface area contributed by atoms with Gasteiger partial charge in [0, 0.05) is 33.6 Å². The molecule has 29 heavy (non-hydrogen) atoms. The third kappa shape index (κ3) is 3.51. The van der Waals surface area contributed by atoms with Gasteiger partial charge in [-0.1, -0.05) is 18.2 Å². The first-order valence-electron chi connectivity index (χ1n) is 9.26. The van der Waals surface area contributed by atoms with Crippen LogP contribution in [0.1, 0.15) is 29.8 Å². The van der Waals surface area contributed by atoms with Crippen LogP contribution in [0, 0.1) is 0 Å². The summed E-state index contributed by atoms with van der Waals surface area (Å²) in [5, 5.41) is 4.32. The van der Waals surface area contributed by atoms with Crippen molar-refractivity contribution < 1.29 is 4.79 Å². The van der Waals surface area contributed by atoms with E-state index in [2.05, 4.69) is 15.3 Å². The lowest BCUT2D eigenvalue weighted by Crippen LogP contribution is -2.41. The Labute approximate surface area is 172 Å². The topological polar surface area (TPSA) is 74.8 Å². The van der Waals surface area contributed by atoms with E-state index in [4.69, 9.17) is 0 Å². The first-order valence-corrected chi connectivity index (χ1v) is 10.5. The number of amides is 1. The van der Waals surface area contributed by atoms with Crippen LogP contribution < -0.4 is 10.7 Å². The predicted molar refractivity (Wildman–Crippen MR) is 119 cm³/mol. The van der Waals surface area contributed by atoms with Crippen LogP contribution in [0.4, 0.5) is 0 Å². The lowest BCUT2D eigenvalue weighted by atomic mass is 9.95. The normalized spacial score (nSPS) is 11.7. The highest BCUT2D eigenvalue weighted by atomic mass is 32.2. The SMILES string of the molecule is CSc1cc2c(=O)c3ccccc3[nH]c2cc1C(=O)NC(C)(C)c1cccnc1. The summed E-state index contributed by atoms with van der Waals surface area (Å²) in [7, 11) is 0. The van der Waals surface area contributed by atoms with E-state index in [1.165, 1.54) is 11.8 Å². The summed E-state index contributed by atoms with van der Waals surface area (Å²) in [6.07, 6.45) is 5.36. The van der Waals surface area contributed by atoms with Crippen molar-refractivity contribution in [2.75, 3.05) is 6.26 Å². The van der Waals surface area contributed by atoms with E-state index in [0.29, 0.717) is 21.9 Å². The number of nitrogens with one attached hydrogen (secondary N) is 2. The standard InChI is InChI=1S/C23H21N3O2S/c1-23(2,14-7-6-10-24-13-14)26-22(28)17-11-19-16(12-20(17)29-3)21(27)15-8-4-5-9-18(15)25-19/h4-13H,1-3H3,(H,25,27)(H,26,28). The van der Waals surface area contributed by atoms with Crippen molar-refractivity contribution in [1.29, 1.82) is 0 Å². The summed E-state index contributed by atoms with van der Waals surface area (Å²) < 4.78 is 0. The number of H-pyrrole nitrogens is 1. The number of nitrogens with zero attached hydrogens (tertiary/aromatic N) is 1. The van der Waals surface area contributed by atoms with Crippen molar-refractivity contribution in [1.82, 2.24) is 15.3 Å². The number of benzene rings is 2. The van der Waals surface area contributed by atoms with Crippen molar-refractivity contribution in [3.8, 4) is 0 Å². The summed E-state index contributed by atoms with van der Waals surface area (Å²) in [4.78, 5) is 34.3. The molecule has 0 saturated heterocycles. The van der Waals surface area contributed by atoms with Crippen LogP contribution in [0.2, 0.25) is 0 Å². The summed E-state index contributed by atoms with van der Waals surface area (Å²) in [5.74, 6) is -0.195. The first-order chi connectivity index (χ1) is 13.9. The number of para-hydroxylation sites is 1. The molecule has 4 rings (SSSR count). The fourth-order valence-corrected chi connectivity index (χ4v) is 4.06. The molecule has 2 aromatic heterocycles. The molecule has 0 bridgehead atoms. The molecule has 2 N–H and O–H groups in total. The summed E-state index contributed by atoms with van der Waals surface area (Å²) in [6.45, 7) is 3.88. The molecule has 0 spiro atoms. The molecule has 6 heteroatoms. The van der Waals surface area contributed by atoms with E-state index in [9.17, 15) is 9.59 Å². The third-order valence-corrected chi connectivity index (χ3v) is 5.86. The van der Waals surface area contributed by atoms with Gasteiger partial charge >= 0.3 is 0 Å². The third-order valence-electron chi connectivity index (χ3n) is 5.08.